The van der Waals surface area contributed by atoms with E-state index in [2.05, 4.69) is 48.6 Å². The Labute approximate surface area is 230 Å². The zero-order chi connectivity index (χ0) is 26.6. The second-order valence-electron chi connectivity index (χ2n) is 7.97. The van der Waals surface area contributed by atoms with Crippen LogP contribution < -0.4 is 15.4 Å². The number of aryl methyl sites for hydroxylation is 2. The number of carbonyl (C=O) groups excluding carboxylic acids is 3. The lowest BCUT2D eigenvalue weighted by atomic mass is 9.78. The maximum absolute atomic E-state index is 13.0. The molecule has 11 heteroatoms. The molecular weight excluding hydrogens is 614 g/mol. The first-order valence-electron chi connectivity index (χ1n) is 10.7. The molecule has 1 aliphatic rings. The van der Waals surface area contributed by atoms with Crippen LogP contribution in [-0.4, -0.2) is 37.8 Å². The zero-order valence-corrected chi connectivity index (χ0v) is 23.9. The van der Waals surface area contributed by atoms with Gasteiger partial charge < -0.3 is 20.1 Å². The Morgan fingerprint density at radius 3 is 2.39 bits per heavy atom. The fourth-order valence-corrected chi connectivity index (χ4v) is 6.07. The van der Waals surface area contributed by atoms with Gasteiger partial charge in [-0.15, -0.1) is 0 Å². The molecule has 0 saturated carbocycles. The third kappa shape index (κ3) is 5.94. The minimum atomic E-state index is -1.27. The van der Waals surface area contributed by atoms with Crippen molar-refractivity contribution in [3.05, 3.63) is 66.6 Å². The molecule has 0 radical (unpaired) electrons. The number of thioether (sulfide) groups is 1. The molecule has 2 amide bonds. The number of hydrogen-bond acceptors (Lipinski definition) is 7. The third-order valence-electron chi connectivity index (χ3n) is 5.63. The van der Waals surface area contributed by atoms with Crippen molar-refractivity contribution in [2.75, 3.05) is 25.3 Å². The Kier molecular flexibility index (Phi) is 9.22. The highest BCUT2D eigenvalue weighted by Gasteiger charge is 2.44. The number of nitrogens with zero attached hydrogens (tertiary/aromatic N) is 1. The van der Waals surface area contributed by atoms with Crippen molar-refractivity contribution >= 4 is 67.1 Å². The molecule has 0 aliphatic carbocycles. The van der Waals surface area contributed by atoms with Crippen LogP contribution in [0.25, 0.3) is 0 Å². The van der Waals surface area contributed by atoms with Crippen molar-refractivity contribution in [1.82, 2.24) is 5.32 Å². The largest absolute Gasteiger partial charge is 0.496 e. The number of nitriles is 1. The summed E-state index contributed by atoms with van der Waals surface area (Å²) in [7, 11) is 2.70. The molecule has 0 saturated heterocycles. The molecule has 1 aliphatic heterocycles. The molecule has 0 aromatic heterocycles. The number of nitrogens with one attached hydrogen (secondary N) is 2. The van der Waals surface area contributed by atoms with Crippen molar-refractivity contribution in [3.63, 3.8) is 0 Å². The summed E-state index contributed by atoms with van der Waals surface area (Å²) in [6.07, 6.45) is 0. The van der Waals surface area contributed by atoms with E-state index in [4.69, 9.17) is 9.47 Å². The molecule has 2 atom stereocenters. The number of hydrogen-bond donors (Lipinski definition) is 2. The van der Waals surface area contributed by atoms with Crippen molar-refractivity contribution in [1.29, 1.82) is 5.26 Å². The van der Waals surface area contributed by atoms with E-state index < -0.39 is 23.7 Å². The maximum Gasteiger partial charge on any atom is 0.319 e. The molecule has 1 heterocycles. The van der Waals surface area contributed by atoms with Crippen LogP contribution in [-0.2, 0) is 19.1 Å². The normalized spacial score (nSPS) is 17.2. The molecule has 2 aromatic rings. The first-order valence-corrected chi connectivity index (χ1v) is 13.2. The number of halogens is 2. The van der Waals surface area contributed by atoms with Crippen LogP contribution in [0, 0.1) is 31.1 Å². The van der Waals surface area contributed by atoms with E-state index >= 15 is 0 Å². The minimum Gasteiger partial charge on any atom is -0.496 e. The fraction of sp³-hybridized carbons (Fsp3) is 0.280. The van der Waals surface area contributed by atoms with Crippen LogP contribution in [0.15, 0.2) is 49.9 Å². The highest BCUT2D eigenvalue weighted by Crippen LogP contribution is 2.42. The van der Waals surface area contributed by atoms with Crippen molar-refractivity contribution in [2.45, 2.75) is 19.8 Å². The van der Waals surface area contributed by atoms with Gasteiger partial charge in [0.25, 0.3) is 0 Å². The first kappa shape index (κ1) is 27.8. The average Bonchev–Trinajstić information content (AvgIpc) is 2.83. The Hall–Kier alpha value is -2.81. The summed E-state index contributed by atoms with van der Waals surface area (Å²) >= 11 is 7.88. The molecule has 2 aromatic carbocycles. The van der Waals surface area contributed by atoms with E-state index in [1.807, 2.05) is 26.0 Å². The molecule has 0 spiro atoms. The van der Waals surface area contributed by atoms with Gasteiger partial charge in [0.15, 0.2) is 0 Å². The molecule has 0 fully saturated rings. The summed E-state index contributed by atoms with van der Waals surface area (Å²) < 4.78 is 11.6. The van der Waals surface area contributed by atoms with Crippen LogP contribution in [0.3, 0.4) is 0 Å². The first-order chi connectivity index (χ1) is 17.1. The minimum absolute atomic E-state index is 0.0579. The van der Waals surface area contributed by atoms with Gasteiger partial charge in [-0.1, -0.05) is 33.8 Å². The summed E-state index contributed by atoms with van der Waals surface area (Å²) in [5, 5.41) is 15.8. The number of amides is 2. The Morgan fingerprint density at radius 1 is 1.17 bits per heavy atom. The Morgan fingerprint density at radius 2 is 1.83 bits per heavy atom. The van der Waals surface area contributed by atoms with E-state index in [9.17, 15) is 19.6 Å². The molecule has 0 bridgehead atoms. The average molecular weight is 637 g/mol. The van der Waals surface area contributed by atoms with Gasteiger partial charge in [-0.3, -0.25) is 14.4 Å². The summed E-state index contributed by atoms with van der Waals surface area (Å²) in [6.45, 7) is 3.78. The Balaban J connectivity index is 1.93. The highest BCUT2D eigenvalue weighted by atomic mass is 79.9. The second-order valence-corrected chi connectivity index (χ2v) is 10.7. The van der Waals surface area contributed by atoms with Gasteiger partial charge in [0.1, 0.15) is 11.7 Å². The van der Waals surface area contributed by atoms with E-state index in [0.717, 1.165) is 27.4 Å². The smallest absolute Gasteiger partial charge is 0.319 e. The topological polar surface area (TPSA) is 118 Å². The van der Waals surface area contributed by atoms with Crippen molar-refractivity contribution in [2.24, 2.45) is 5.92 Å². The number of benzene rings is 2. The summed E-state index contributed by atoms with van der Waals surface area (Å²) in [4.78, 5) is 38.3. The van der Waals surface area contributed by atoms with Crippen LogP contribution in [0.5, 0.6) is 5.75 Å². The van der Waals surface area contributed by atoms with Crippen LogP contribution >= 0.6 is 43.6 Å². The van der Waals surface area contributed by atoms with Gasteiger partial charge in [-0.2, -0.15) is 5.26 Å². The predicted molar refractivity (Wildman–Crippen MR) is 144 cm³/mol. The fourth-order valence-electron chi connectivity index (χ4n) is 3.98. The second kappa shape index (κ2) is 12.0. The summed E-state index contributed by atoms with van der Waals surface area (Å²) in [5.41, 5.74) is 3.21. The van der Waals surface area contributed by atoms with Crippen LogP contribution in [0.4, 0.5) is 5.69 Å². The van der Waals surface area contributed by atoms with Crippen molar-refractivity contribution < 1.29 is 23.9 Å². The number of carbonyl (C=O) groups is 3. The summed E-state index contributed by atoms with van der Waals surface area (Å²) in [6, 6.07) is 11.0. The number of allylic oxidation sites excluding steroid dienone is 1. The molecule has 0 unspecified atom stereocenters. The number of ether oxygens (including phenoxy) is 2. The van der Waals surface area contributed by atoms with Gasteiger partial charge in [0.05, 0.1) is 41.1 Å². The van der Waals surface area contributed by atoms with Crippen molar-refractivity contribution in [3.8, 4) is 11.8 Å². The Bertz CT molecular complexity index is 1280. The lowest BCUT2D eigenvalue weighted by molar-refractivity contribution is -0.150. The SMILES string of the molecule is COC(=O)[C@@H]1C(=O)NC(SCC(=O)Nc2c(C)cc(Br)cc2C)=C(C#N)[C@H]1c1ccc(OC)c(Br)c1. The van der Waals surface area contributed by atoms with Gasteiger partial charge >= 0.3 is 5.97 Å². The monoisotopic (exact) mass is 635 g/mol. The van der Waals surface area contributed by atoms with E-state index in [0.29, 0.717) is 21.5 Å². The maximum atomic E-state index is 13.0. The number of anilines is 1. The van der Waals surface area contributed by atoms with Gasteiger partial charge in [0, 0.05) is 16.1 Å². The highest BCUT2D eigenvalue weighted by molar-refractivity contribution is 9.10. The third-order valence-corrected chi connectivity index (χ3v) is 7.72. The van der Waals surface area contributed by atoms with Crippen LogP contribution in [0.2, 0.25) is 0 Å². The number of esters is 1. The molecule has 2 N–H and O–H groups in total. The standard InChI is InChI=1S/C25H23Br2N3O5S/c1-12-7-15(26)8-13(2)22(12)29-19(31)11-36-24-16(10-28)20(21(23(32)30-24)25(33)35-4)14-5-6-18(34-3)17(27)9-14/h5-9,20-21H,11H2,1-4H3,(H,29,31)(H,30,32)/t20-,21+/m1/s1. The molecule has 3 rings (SSSR count). The quantitative estimate of drug-likeness (QED) is 0.326. The number of methoxy groups -OCH3 is 2. The predicted octanol–water partition coefficient (Wildman–Crippen LogP) is 4.95. The van der Waals surface area contributed by atoms with Gasteiger partial charge in [-0.25, -0.2) is 0 Å². The number of rotatable bonds is 7. The van der Waals surface area contributed by atoms with E-state index in [1.165, 1.54) is 14.2 Å². The molecule has 8 nitrogen and oxygen atoms in total. The van der Waals surface area contributed by atoms with E-state index in [-0.39, 0.29) is 22.3 Å². The molecule has 188 valence electrons. The zero-order valence-electron chi connectivity index (χ0n) is 19.9. The molecule has 36 heavy (non-hydrogen) atoms. The lowest BCUT2D eigenvalue weighted by Crippen LogP contribution is -2.44. The summed E-state index contributed by atoms with van der Waals surface area (Å²) in [5.74, 6) is -3.35. The van der Waals surface area contributed by atoms with Gasteiger partial charge in [0.2, 0.25) is 11.8 Å². The van der Waals surface area contributed by atoms with E-state index in [1.54, 1.807) is 18.2 Å². The van der Waals surface area contributed by atoms with Crippen LogP contribution in [0.1, 0.15) is 22.6 Å². The lowest BCUT2D eigenvalue weighted by Gasteiger charge is -2.31. The van der Waals surface area contributed by atoms with Gasteiger partial charge in [-0.05, 0) is 70.7 Å². The molecular formula is C25H23Br2N3O5S.